The van der Waals surface area contributed by atoms with Gasteiger partial charge in [0.2, 0.25) is 5.43 Å². The summed E-state index contributed by atoms with van der Waals surface area (Å²) in [6, 6.07) is 8.69. The molecule has 0 aliphatic rings. The summed E-state index contributed by atoms with van der Waals surface area (Å²) in [6.45, 7) is 3.66. The zero-order chi connectivity index (χ0) is 16.6. The van der Waals surface area contributed by atoms with Crippen molar-refractivity contribution in [3.05, 3.63) is 69.1 Å². The van der Waals surface area contributed by atoms with Crippen LogP contribution in [0.3, 0.4) is 0 Å². The van der Waals surface area contributed by atoms with Gasteiger partial charge in [0.25, 0.3) is 0 Å². The van der Waals surface area contributed by atoms with E-state index in [0.717, 1.165) is 11.3 Å². The minimum atomic E-state index is -0.360. The fourth-order valence-electron chi connectivity index (χ4n) is 2.53. The molecule has 0 saturated carbocycles. The molecule has 3 aromatic rings. The van der Waals surface area contributed by atoms with Crippen molar-refractivity contribution in [1.82, 2.24) is 9.97 Å². The van der Waals surface area contributed by atoms with Crippen molar-refractivity contribution in [1.29, 1.82) is 0 Å². The largest absolute Gasteiger partial charge is 0.496 e. The molecule has 2 heterocycles. The molecule has 0 amide bonds. The topological polar surface area (TPSA) is 72.1 Å². The Kier molecular flexibility index (Phi) is 3.70. The lowest BCUT2D eigenvalue weighted by atomic mass is 10.0. The number of rotatable bonds is 3. The van der Waals surface area contributed by atoms with Crippen LogP contribution >= 0.6 is 0 Å². The monoisotopic (exact) mass is 308 g/mol. The van der Waals surface area contributed by atoms with Crippen molar-refractivity contribution >= 4 is 16.8 Å². The lowest BCUT2D eigenvalue weighted by Gasteiger charge is -2.07. The number of pyridine rings is 2. The molecule has 2 aromatic heterocycles. The summed E-state index contributed by atoms with van der Waals surface area (Å²) in [4.78, 5) is 32.4. The maximum atomic E-state index is 12.7. The average molecular weight is 308 g/mol. The fourth-order valence-corrected chi connectivity index (χ4v) is 2.53. The van der Waals surface area contributed by atoms with Gasteiger partial charge in [-0.15, -0.1) is 0 Å². The number of carbonyl (C=O) groups is 1. The highest BCUT2D eigenvalue weighted by molar-refractivity contribution is 6.10. The predicted octanol–water partition coefficient (Wildman–Crippen LogP) is 2.78. The van der Waals surface area contributed by atoms with Gasteiger partial charge < -0.3 is 9.72 Å². The highest BCUT2D eigenvalue weighted by atomic mass is 16.5. The number of nitrogens with one attached hydrogen (secondary N) is 1. The number of benzene rings is 1. The van der Waals surface area contributed by atoms with Crippen LogP contribution in [0.15, 0.2) is 41.3 Å². The van der Waals surface area contributed by atoms with Gasteiger partial charge in [-0.1, -0.05) is 0 Å². The number of nitrogens with zero attached hydrogens (tertiary/aromatic N) is 1. The van der Waals surface area contributed by atoms with Crippen molar-refractivity contribution in [2.45, 2.75) is 13.8 Å². The van der Waals surface area contributed by atoms with Crippen molar-refractivity contribution in [2.75, 3.05) is 7.11 Å². The first kappa shape index (κ1) is 15.0. The molecule has 1 aromatic carbocycles. The van der Waals surface area contributed by atoms with Gasteiger partial charge in [0.15, 0.2) is 5.78 Å². The normalized spacial score (nSPS) is 10.7. The van der Waals surface area contributed by atoms with E-state index in [0.29, 0.717) is 16.8 Å². The SMILES string of the molecule is COc1ccc(C(=O)c2c[nH]c3ccc(C)nc3c2=O)cc1C. The summed E-state index contributed by atoms with van der Waals surface area (Å²) in [5.74, 6) is 0.369. The molecular weight excluding hydrogens is 292 g/mol. The van der Waals surface area contributed by atoms with E-state index in [-0.39, 0.29) is 22.3 Å². The second-order valence-corrected chi connectivity index (χ2v) is 5.39. The molecule has 23 heavy (non-hydrogen) atoms. The Hall–Kier alpha value is -2.95. The highest BCUT2D eigenvalue weighted by Crippen LogP contribution is 2.20. The summed E-state index contributed by atoms with van der Waals surface area (Å²) in [5, 5.41) is 0. The van der Waals surface area contributed by atoms with Gasteiger partial charge in [0.05, 0.1) is 18.2 Å². The third kappa shape index (κ3) is 2.61. The van der Waals surface area contributed by atoms with Gasteiger partial charge in [-0.2, -0.15) is 0 Å². The quantitative estimate of drug-likeness (QED) is 0.755. The Morgan fingerprint density at radius 3 is 2.65 bits per heavy atom. The molecular formula is C18H16N2O3. The van der Waals surface area contributed by atoms with E-state index in [2.05, 4.69) is 9.97 Å². The number of aromatic nitrogens is 2. The van der Waals surface area contributed by atoms with E-state index in [4.69, 9.17) is 4.74 Å². The number of ether oxygens (including phenoxy) is 1. The number of methoxy groups -OCH3 is 1. The summed E-state index contributed by atoms with van der Waals surface area (Å²) >= 11 is 0. The Morgan fingerprint density at radius 1 is 1.17 bits per heavy atom. The smallest absolute Gasteiger partial charge is 0.218 e. The number of ketones is 1. The highest BCUT2D eigenvalue weighted by Gasteiger charge is 2.16. The molecule has 0 fully saturated rings. The second kappa shape index (κ2) is 5.68. The van der Waals surface area contributed by atoms with E-state index >= 15 is 0 Å². The molecule has 0 aliphatic heterocycles. The van der Waals surface area contributed by atoms with Crippen LogP contribution in [0, 0.1) is 13.8 Å². The Morgan fingerprint density at radius 2 is 1.96 bits per heavy atom. The predicted molar refractivity (Wildman–Crippen MR) is 88.3 cm³/mol. The van der Waals surface area contributed by atoms with Gasteiger partial charge in [0, 0.05) is 17.5 Å². The van der Waals surface area contributed by atoms with Crippen LogP contribution in [-0.4, -0.2) is 22.9 Å². The van der Waals surface area contributed by atoms with Gasteiger partial charge in [0.1, 0.15) is 11.3 Å². The molecule has 5 nitrogen and oxygen atoms in total. The third-order valence-electron chi connectivity index (χ3n) is 3.77. The Balaban J connectivity index is 2.13. The minimum absolute atomic E-state index is 0.0835. The van der Waals surface area contributed by atoms with Crippen LogP contribution in [0.25, 0.3) is 11.0 Å². The molecule has 0 radical (unpaired) electrons. The van der Waals surface area contributed by atoms with Crippen LogP contribution in [0.1, 0.15) is 27.2 Å². The zero-order valence-electron chi connectivity index (χ0n) is 13.1. The fraction of sp³-hybridized carbons (Fsp3) is 0.167. The zero-order valence-corrected chi connectivity index (χ0v) is 13.1. The lowest BCUT2D eigenvalue weighted by Crippen LogP contribution is -2.18. The number of aryl methyl sites for hydroxylation is 2. The molecule has 0 unspecified atom stereocenters. The molecule has 3 rings (SSSR count). The number of H-pyrrole nitrogens is 1. The number of hydrogen-bond donors (Lipinski definition) is 1. The van der Waals surface area contributed by atoms with E-state index in [9.17, 15) is 9.59 Å². The summed E-state index contributed by atoms with van der Waals surface area (Å²) in [5.41, 5.74) is 2.63. The van der Waals surface area contributed by atoms with Crippen molar-refractivity contribution in [3.63, 3.8) is 0 Å². The first-order valence-electron chi connectivity index (χ1n) is 7.19. The van der Waals surface area contributed by atoms with Gasteiger partial charge in [-0.3, -0.25) is 9.59 Å². The lowest BCUT2D eigenvalue weighted by molar-refractivity contribution is 0.103. The van der Waals surface area contributed by atoms with E-state index in [1.807, 2.05) is 13.0 Å². The number of carbonyl (C=O) groups excluding carboxylic acids is 1. The molecule has 0 bridgehead atoms. The van der Waals surface area contributed by atoms with Gasteiger partial charge in [-0.05, 0) is 49.7 Å². The van der Waals surface area contributed by atoms with Gasteiger partial charge >= 0.3 is 0 Å². The molecule has 0 spiro atoms. The first-order chi connectivity index (χ1) is 11.0. The number of aromatic amines is 1. The van der Waals surface area contributed by atoms with E-state index in [1.54, 1.807) is 38.3 Å². The van der Waals surface area contributed by atoms with E-state index in [1.165, 1.54) is 6.20 Å². The number of hydrogen-bond acceptors (Lipinski definition) is 4. The third-order valence-corrected chi connectivity index (χ3v) is 3.77. The maximum absolute atomic E-state index is 12.7. The van der Waals surface area contributed by atoms with Crippen LogP contribution in [-0.2, 0) is 0 Å². The van der Waals surface area contributed by atoms with Crippen LogP contribution in [0.5, 0.6) is 5.75 Å². The summed E-state index contributed by atoms with van der Waals surface area (Å²) < 4.78 is 5.19. The van der Waals surface area contributed by atoms with Crippen molar-refractivity contribution < 1.29 is 9.53 Å². The molecule has 0 atom stereocenters. The maximum Gasteiger partial charge on any atom is 0.218 e. The summed E-state index contributed by atoms with van der Waals surface area (Å²) in [7, 11) is 1.58. The molecule has 1 N–H and O–H groups in total. The second-order valence-electron chi connectivity index (χ2n) is 5.39. The molecule has 0 aliphatic carbocycles. The average Bonchev–Trinajstić information content (AvgIpc) is 2.55. The minimum Gasteiger partial charge on any atom is -0.496 e. The molecule has 5 heteroatoms. The Labute approximate surface area is 133 Å². The Bertz CT molecular complexity index is 974. The van der Waals surface area contributed by atoms with E-state index < -0.39 is 0 Å². The van der Waals surface area contributed by atoms with Crippen LogP contribution < -0.4 is 10.2 Å². The standard InChI is InChI=1S/C18H16N2O3/c1-10-8-12(5-7-15(10)23-3)17(21)13-9-19-14-6-4-11(2)20-16(14)18(13)22/h4-9H,1-3H3,(H,19,22). The molecule has 0 saturated heterocycles. The first-order valence-corrected chi connectivity index (χ1v) is 7.19. The van der Waals surface area contributed by atoms with Crippen molar-refractivity contribution in [3.8, 4) is 5.75 Å². The number of fused-ring (bicyclic) bond motifs is 1. The van der Waals surface area contributed by atoms with Crippen molar-refractivity contribution in [2.24, 2.45) is 0 Å². The summed E-state index contributed by atoms with van der Waals surface area (Å²) in [6.07, 6.45) is 1.45. The van der Waals surface area contributed by atoms with Gasteiger partial charge in [-0.25, -0.2) is 4.98 Å². The van der Waals surface area contributed by atoms with Crippen LogP contribution in [0.4, 0.5) is 0 Å². The molecule has 116 valence electrons. The van der Waals surface area contributed by atoms with Crippen LogP contribution in [0.2, 0.25) is 0 Å².